The van der Waals surface area contributed by atoms with E-state index in [2.05, 4.69) is 64.7 Å². The summed E-state index contributed by atoms with van der Waals surface area (Å²) in [4.78, 5) is 6.94. The molecule has 0 heterocycles. The van der Waals surface area contributed by atoms with Gasteiger partial charge >= 0.3 is 0 Å². The lowest BCUT2D eigenvalue weighted by atomic mass is 9.67. The molecule has 0 spiro atoms. The lowest BCUT2D eigenvalue weighted by molar-refractivity contribution is 0.0732. The van der Waals surface area contributed by atoms with E-state index in [4.69, 9.17) is 4.74 Å². The third-order valence-corrected chi connectivity index (χ3v) is 6.01. The van der Waals surface area contributed by atoms with Crippen LogP contribution in [-0.4, -0.2) is 57.8 Å². The highest BCUT2D eigenvalue weighted by Crippen LogP contribution is 2.43. The van der Waals surface area contributed by atoms with Crippen LogP contribution in [0.25, 0.3) is 0 Å². The average Bonchev–Trinajstić information content (AvgIpc) is 2.68. The van der Waals surface area contributed by atoms with Gasteiger partial charge in [-0.2, -0.15) is 0 Å². The monoisotopic (exact) mass is 502 g/mol. The Labute approximate surface area is 188 Å². The Morgan fingerprint density at radius 1 is 1.18 bits per heavy atom. The summed E-state index contributed by atoms with van der Waals surface area (Å²) in [6.07, 6.45) is 5.02. The number of nitrogens with zero attached hydrogens (tertiary/aromatic N) is 2. The van der Waals surface area contributed by atoms with Crippen molar-refractivity contribution in [3.05, 3.63) is 35.9 Å². The molecule has 0 bridgehead atoms. The zero-order valence-corrected chi connectivity index (χ0v) is 20.4. The summed E-state index contributed by atoms with van der Waals surface area (Å²) >= 11 is 0. The first-order valence-electron chi connectivity index (χ1n) is 10.4. The molecule has 1 saturated carbocycles. The number of nitrogens with one attached hydrogen (secondary N) is 2. The van der Waals surface area contributed by atoms with E-state index in [0.29, 0.717) is 11.5 Å². The molecule has 1 aliphatic rings. The Hall–Kier alpha value is -0.860. The van der Waals surface area contributed by atoms with Gasteiger partial charge in [-0.25, -0.2) is 0 Å². The minimum absolute atomic E-state index is 0. The molecule has 0 aliphatic heterocycles. The zero-order chi connectivity index (χ0) is 19.5. The van der Waals surface area contributed by atoms with Crippen molar-refractivity contribution in [2.75, 3.05) is 46.9 Å². The summed E-state index contributed by atoms with van der Waals surface area (Å²) in [5.74, 6) is 0.895. The van der Waals surface area contributed by atoms with Crippen LogP contribution in [0.2, 0.25) is 0 Å². The van der Waals surface area contributed by atoms with Crippen molar-refractivity contribution in [3.63, 3.8) is 0 Å². The summed E-state index contributed by atoms with van der Waals surface area (Å²) in [5.41, 5.74) is 1.73. The predicted molar refractivity (Wildman–Crippen MR) is 130 cm³/mol. The maximum Gasteiger partial charge on any atom is 0.191 e. The van der Waals surface area contributed by atoms with Crippen LogP contribution in [0.5, 0.6) is 0 Å². The van der Waals surface area contributed by atoms with Crippen molar-refractivity contribution in [2.45, 2.75) is 45.6 Å². The SMILES string of the molecule is CCN(CC)C(CNC(=NC)NCC1(CCOC)CCC1)c1ccccc1.I. The van der Waals surface area contributed by atoms with Gasteiger partial charge in [0.2, 0.25) is 0 Å². The lowest BCUT2D eigenvalue weighted by Crippen LogP contribution is -2.48. The first kappa shape index (κ1) is 25.2. The molecule has 6 heteroatoms. The molecule has 1 fully saturated rings. The Balaban J connectivity index is 0.00000392. The molecule has 1 unspecified atom stereocenters. The molecule has 160 valence electrons. The van der Waals surface area contributed by atoms with Crippen LogP contribution in [0.4, 0.5) is 0 Å². The number of likely N-dealkylation sites (N-methyl/N-ethyl adjacent to an activating group) is 1. The molecule has 0 radical (unpaired) electrons. The molecule has 1 atom stereocenters. The van der Waals surface area contributed by atoms with Crippen LogP contribution in [-0.2, 0) is 4.74 Å². The summed E-state index contributed by atoms with van der Waals surface area (Å²) in [6, 6.07) is 11.1. The Morgan fingerprint density at radius 2 is 1.86 bits per heavy atom. The van der Waals surface area contributed by atoms with Crippen LogP contribution in [0.15, 0.2) is 35.3 Å². The second-order valence-corrected chi connectivity index (χ2v) is 7.55. The fourth-order valence-electron chi connectivity index (χ4n) is 3.99. The largest absolute Gasteiger partial charge is 0.385 e. The number of benzene rings is 1. The third kappa shape index (κ3) is 7.19. The van der Waals surface area contributed by atoms with Gasteiger partial charge < -0.3 is 15.4 Å². The van der Waals surface area contributed by atoms with Gasteiger partial charge in [0.25, 0.3) is 0 Å². The second kappa shape index (κ2) is 13.4. The normalized spacial score (nSPS) is 16.8. The third-order valence-electron chi connectivity index (χ3n) is 6.01. The highest BCUT2D eigenvalue weighted by molar-refractivity contribution is 14.0. The van der Waals surface area contributed by atoms with Crippen molar-refractivity contribution in [1.29, 1.82) is 0 Å². The number of ether oxygens (including phenoxy) is 1. The van der Waals surface area contributed by atoms with Gasteiger partial charge in [-0.05, 0) is 43.3 Å². The van der Waals surface area contributed by atoms with Gasteiger partial charge in [-0.15, -0.1) is 24.0 Å². The first-order chi connectivity index (χ1) is 13.2. The van der Waals surface area contributed by atoms with Crippen LogP contribution in [0.1, 0.15) is 51.1 Å². The summed E-state index contributed by atoms with van der Waals surface area (Å²) in [5, 5.41) is 7.13. The first-order valence-corrected chi connectivity index (χ1v) is 10.4. The zero-order valence-electron chi connectivity index (χ0n) is 18.0. The molecule has 28 heavy (non-hydrogen) atoms. The molecule has 0 aromatic heterocycles. The smallest absolute Gasteiger partial charge is 0.191 e. The highest BCUT2D eigenvalue weighted by Gasteiger charge is 2.36. The molecule has 0 saturated heterocycles. The molecule has 2 N–H and O–H groups in total. The van der Waals surface area contributed by atoms with Crippen LogP contribution < -0.4 is 10.6 Å². The van der Waals surface area contributed by atoms with E-state index in [1.54, 1.807) is 7.11 Å². The molecule has 1 aliphatic carbocycles. The Kier molecular flexibility index (Phi) is 12.0. The van der Waals surface area contributed by atoms with Gasteiger partial charge in [0.05, 0.1) is 6.04 Å². The fraction of sp³-hybridized carbons (Fsp3) is 0.682. The number of aliphatic imine (C=N–C) groups is 1. The van der Waals surface area contributed by atoms with E-state index in [1.807, 2.05) is 7.05 Å². The van der Waals surface area contributed by atoms with Crippen LogP contribution >= 0.6 is 24.0 Å². The van der Waals surface area contributed by atoms with Crippen molar-refractivity contribution >= 4 is 29.9 Å². The van der Waals surface area contributed by atoms with Gasteiger partial charge in [0.15, 0.2) is 5.96 Å². The minimum atomic E-state index is 0. The quantitative estimate of drug-likeness (QED) is 0.272. The summed E-state index contributed by atoms with van der Waals surface area (Å²) < 4.78 is 5.31. The number of rotatable bonds is 11. The van der Waals surface area contributed by atoms with E-state index < -0.39 is 0 Å². The minimum Gasteiger partial charge on any atom is -0.385 e. The van der Waals surface area contributed by atoms with Gasteiger partial charge in [0, 0.05) is 33.9 Å². The van der Waals surface area contributed by atoms with E-state index in [9.17, 15) is 0 Å². The number of guanidine groups is 1. The Morgan fingerprint density at radius 3 is 2.36 bits per heavy atom. The molecular formula is C22H39IN4O. The van der Waals surface area contributed by atoms with E-state index in [1.165, 1.54) is 24.8 Å². The van der Waals surface area contributed by atoms with Crippen molar-refractivity contribution in [2.24, 2.45) is 10.4 Å². The average molecular weight is 502 g/mol. The topological polar surface area (TPSA) is 48.9 Å². The van der Waals surface area contributed by atoms with Crippen molar-refractivity contribution in [3.8, 4) is 0 Å². The van der Waals surface area contributed by atoms with Crippen LogP contribution in [0.3, 0.4) is 0 Å². The number of hydrogen-bond acceptors (Lipinski definition) is 3. The predicted octanol–water partition coefficient (Wildman–Crippen LogP) is 4.06. The molecular weight excluding hydrogens is 463 g/mol. The van der Waals surface area contributed by atoms with E-state index in [-0.39, 0.29) is 24.0 Å². The van der Waals surface area contributed by atoms with Gasteiger partial charge in [-0.1, -0.05) is 50.6 Å². The number of methoxy groups -OCH3 is 1. The standard InChI is InChI=1S/C22H38N4O.HI/c1-5-26(6-2)20(19-11-8-7-9-12-19)17-24-21(23-3)25-18-22(13-10-14-22)15-16-27-4;/h7-9,11-12,20H,5-6,10,13-18H2,1-4H3,(H2,23,24,25);1H. The number of hydrogen-bond donors (Lipinski definition) is 2. The molecule has 0 amide bonds. The molecule has 1 aromatic carbocycles. The van der Waals surface area contributed by atoms with E-state index >= 15 is 0 Å². The van der Waals surface area contributed by atoms with E-state index in [0.717, 1.165) is 45.2 Å². The van der Waals surface area contributed by atoms with Crippen molar-refractivity contribution in [1.82, 2.24) is 15.5 Å². The number of halogens is 1. The second-order valence-electron chi connectivity index (χ2n) is 7.55. The maximum atomic E-state index is 5.31. The summed E-state index contributed by atoms with van der Waals surface area (Å²) in [7, 11) is 3.64. The van der Waals surface area contributed by atoms with Gasteiger partial charge in [0.1, 0.15) is 0 Å². The maximum absolute atomic E-state index is 5.31. The Bertz CT molecular complexity index is 559. The lowest BCUT2D eigenvalue weighted by Gasteiger charge is -2.42. The van der Waals surface area contributed by atoms with Gasteiger partial charge in [-0.3, -0.25) is 9.89 Å². The summed E-state index contributed by atoms with van der Waals surface area (Å²) in [6.45, 7) is 9.17. The highest BCUT2D eigenvalue weighted by atomic mass is 127. The fourth-order valence-corrected chi connectivity index (χ4v) is 3.99. The molecule has 5 nitrogen and oxygen atoms in total. The molecule has 2 rings (SSSR count). The molecule has 1 aromatic rings. The van der Waals surface area contributed by atoms with Crippen LogP contribution in [0, 0.1) is 5.41 Å². The van der Waals surface area contributed by atoms with Crippen molar-refractivity contribution < 1.29 is 4.74 Å².